The lowest BCUT2D eigenvalue weighted by Crippen LogP contribution is -2.48. The van der Waals surface area contributed by atoms with Crippen LogP contribution in [0.5, 0.6) is 5.75 Å². The number of hydrogen-bond acceptors (Lipinski definition) is 4. The molecule has 2 aliphatic heterocycles. The Balaban J connectivity index is 0.00000225. The molecule has 7 nitrogen and oxygen atoms in total. The van der Waals surface area contributed by atoms with Crippen LogP contribution in [0.4, 0.5) is 0 Å². The number of para-hydroxylation sites is 1. The zero-order valence-electron chi connectivity index (χ0n) is 16.4. The number of fused-ring (bicyclic) bond motifs is 1. The van der Waals surface area contributed by atoms with Crippen LogP contribution in [-0.2, 0) is 18.2 Å². The molecule has 28 heavy (non-hydrogen) atoms. The third-order valence-electron chi connectivity index (χ3n) is 4.96. The van der Waals surface area contributed by atoms with E-state index < -0.39 is 0 Å². The number of aliphatic imine (C=N–C) groups is 1. The number of benzene rings is 1. The molecule has 2 atom stereocenters. The molecular weight excluding hydrogens is 469 g/mol. The van der Waals surface area contributed by atoms with E-state index in [0.29, 0.717) is 13.2 Å². The fourth-order valence-corrected chi connectivity index (χ4v) is 3.62. The third-order valence-corrected chi connectivity index (χ3v) is 4.96. The van der Waals surface area contributed by atoms with E-state index in [-0.39, 0.29) is 36.2 Å². The normalized spacial score (nSPS) is 21.6. The molecule has 8 heteroatoms. The zero-order chi connectivity index (χ0) is 18.6. The Kier molecular flexibility index (Phi) is 7.17. The highest BCUT2D eigenvalue weighted by Crippen LogP contribution is 2.28. The van der Waals surface area contributed by atoms with Crippen molar-refractivity contribution in [3.8, 4) is 5.75 Å². The topological polar surface area (TPSA) is 63.9 Å². The molecule has 1 aromatic heterocycles. The average molecular weight is 497 g/mol. The minimum atomic E-state index is 0. The van der Waals surface area contributed by atoms with Gasteiger partial charge in [0.05, 0.1) is 25.9 Å². The molecule has 3 heterocycles. The highest BCUT2D eigenvalue weighted by atomic mass is 127. The van der Waals surface area contributed by atoms with E-state index >= 15 is 0 Å². The molecule has 1 fully saturated rings. The Hall–Kier alpha value is -1.81. The van der Waals surface area contributed by atoms with Gasteiger partial charge >= 0.3 is 0 Å². The van der Waals surface area contributed by atoms with E-state index in [1.54, 1.807) is 0 Å². The molecule has 2 aromatic rings. The van der Waals surface area contributed by atoms with Crippen molar-refractivity contribution in [2.75, 3.05) is 32.8 Å². The van der Waals surface area contributed by atoms with Crippen LogP contribution in [0.25, 0.3) is 0 Å². The summed E-state index contributed by atoms with van der Waals surface area (Å²) in [6.07, 6.45) is 4.93. The van der Waals surface area contributed by atoms with E-state index in [0.717, 1.165) is 43.3 Å². The number of nitrogens with zero attached hydrogens (tertiary/aromatic N) is 4. The van der Waals surface area contributed by atoms with Gasteiger partial charge in [0.1, 0.15) is 18.0 Å². The number of ether oxygens (including phenoxy) is 2. The van der Waals surface area contributed by atoms with Crippen LogP contribution < -0.4 is 10.1 Å². The number of hydrogen-bond donors (Lipinski definition) is 1. The molecule has 152 valence electrons. The second-order valence-electron chi connectivity index (χ2n) is 7.00. The summed E-state index contributed by atoms with van der Waals surface area (Å²) in [6.45, 7) is 5.84. The first-order valence-corrected chi connectivity index (χ1v) is 9.61. The van der Waals surface area contributed by atoms with Crippen molar-refractivity contribution < 1.29 is 9.47 Å². The second kappa shape index (κ2) is 9.60. The molecule has 0 bridgehead atoms. The van der Waals surface area contributed by atoms with Gasteiger partial charge in [-0.25, -0.2) is 4.99 Å². The fraction of sp³-hybridized carbons (Fsp3) is 0.500. The standard InChI is InChI=1S/C20H27N5O2.HI/c1-3-21-20(22-12-17-10-15-6-4-5-7-18(15)27-17)25-8-9-26-19(14-25)16-11-23-24(2)13-16;/h4-7,11,13,17,19H,3,8-10,12,14H2,1-2H3,(H,21,22);1H. The van der Waals surface area contributed by atoms with Crippen LogP contribution in [0.15, 0.2) is 41.7 Å². The summed E-state index contributed by atoms with van der Waals surface area (Å²) in [6, 6.07) is 8.24. The number of halogens is 1. The molecule has 2 unspecified atom stereocenters. The highest BCUT2D eigenvalue weighted by molar-refractivity contribution is 14.0. The third kappa shape index (κ3) is 4.78. The molecule has 0 radical (unpaired) electrons. The van der Waals surface area contributed by atoms with Crippen molar-refractivity contribution in [1.82, 2.24) is 20.0 Å². The van der Waals surface area contributed by atoms with Crippen molar-refractivity contribution >= 4 is 29.9 Å². The van der Waals surface area contributed by atoms with Crippen LogP contribution in [0.1, 0.15) is 24.2 Å². The number of aromatic nitrogens is 2. The molecule has 0 spiro atoms. The molecule has 0 saturated carbocycles. The minimum Gasteiger partial charge on any atom is -0.488 e. The summed E-state index contributed by atoms with van der Waals surface area (Å²) in [5.41, 5.74) is 2.37. The first-order valence-electron chi connectivity index (χ1n) is 9.61. The van der Waals surface area contributed by atoms with Crippen LogP contribution in [0.2, 0.25) is 0 Å². The van der Waals surface area contributed by atoms with Gasteiger partial charge in [0, 0.05) is 38.3 Å². The van der Waals surface area contributed by atoms with Crippen molar-refractivity contribution in [3.63, 3.8) is 0 Å². The van der Waals surface area contributed by atoms with Crippen LogP contribution in [-0.4, -0.2) is 59.5 Å². The second-order valence-corrected chi connectivity index (χ2v) is 7.00. The number of morpholine rings is 1. The van der Waals surface area contributed by atoms with Crippen LogP contribution in [0.3, 0.4) is 0 Å². The molecule has 1 saturated heterocycles. The molecule has 0 amide bonds. The molecule has 1 aromatic carbocycles. The lowest BCUT2D eigenvalue weighted by atomic mass is 10.1. The largest absolute Gasteiger partial charge is 0.488 e. The van der Waals surface area contributed by atoms with Gasteiger partial charge in [-0.15, -0.1) is 24.0 Å². The van der Waals surface area contributed by atoms with E-state index in [2.05, 4.69) is 34.4 Å². The Morgan fingerprint density at radius 1 is 1.36 bits per heavy atom. The van der Waals surface area contributed by atoms with Crippen molar-refractivity contribution in [3.05, 3.63) is 47.8 Å². The molecule has 4 rings (SSSR count). The maximum atomic E-state index is 6.03. The van der Waals surface area contributed by atoms with E-state index in [9.17, 15) is 0 Å². The maximum absolute atomic E-state index is 6.03. The summed E-state index contributed by atoms with van der Waals surface area (Å²) in [4.78, 5) is 7.14. The molecular formula is C20H28IN5O2. The van der Waals surface area contributed by atoms with Gasteiger partial charge < -0.3 is 19.7 Å². The summed E-state index contributed by atoms with van der Waals surface area (Å²) in [5, 5.41) is 7.68. The first kappa shape index (κ1) is 20.9. The Morgan fingerprint density at radius 2 is 2.21 bits per heavy atom. The van der Waals surface area contributed by atoms with Gasteiger partial charge in [-0.1, -0.05) is 18.2 Å². The monoisotopic (exact) mass is 497 g/mol. The Morgan fingerprint density at radius 3 is 2.96 bits per heavy atom. The van der Waals surface area contributed by atoms with Crippen molar-refractivity contribution in [1.29, 1.82) is 0 Å². The predicted molar refractivity (Wildman–Crippen MR) is 119 cm³/mol. The minimum absolute atomic E-state index is 0. The molecule has 1 N–H and O–H groups in total. The Bertz CT molecular complexity index is 784. The summed E-state index contributed by atoms with van der Waals surface area (Å²) < 4.78 is 13.8. The highest BCUT2D eigenvalue weighted by Gasteiger charge is 2.26. The lowest BCUT2D eigenvalue weighted by molar-refractivity contribution is -0.00808. The fourth-order valence-electron chi connectivity index (χ4n) is 3.62. The van der Waals surface area contributed by atoms with E-state index in [1.807, 2.05) is 36.3 Å². The van der Waals surface area contributed by atoms with Gasteiger partial charge in [-0.2, -0.15) is 5.10 Å². The predicted octanol–water partition coefficient (Wildman–Crippen LogP) is 2.38. The number of rotatable bonds is 4. The van der Waals surface area contributed by atoms with Gasteiger partial charge in [-0.3, -0.25) is 4.68 Å². The van der Waals surface area contributed by atoms with Crippen molar-refractivity contribution in [2.24, 2.45) is 12.0 Å². The number of nitrogens with one attached hydrogen (secondary N) is 1. The smallest absolute Gasteiger partial charge is 0.194 e. The van der Waals surface area contributed by atoms with E-state index in [4.69, 9.17) is 14.5 Å². The van der Waals surface area contributed by atoms with E-state index in [1.165, 1.54) is 5.56 Å². The Labute approximate surface area is 183 Å². The van der Waals surface area contributed by atoms with Gasteiger partial charge in [-0.05, 0) is 18.6 Å². The average Bonchev–Trinajstić information content (AvgIpc) is 3.31. The summed E-state index contributed by atoms with van der Waals surface area (Å²) in [7, 11) is 1.93. The lowest BCUT2D eigenvalue weighted by Gasteiger charge is -2.35. The van der Waals surface area contributed by atoms with Gasteiger partial charge in [0.15, 0.2) is 5.96 Å². The molecule has 0 aliphatic carbocycles. The summed E-state index contributed by atoms with van der Waals surface area (Å²) >= 11 is 0. The zero-order valence-corrected chi connectivity index (χ0v) is 18.7. The van der Waals surface area contributed by atoms with Gasteiger partial charge in [0.2, 0.25) is 0 Å². The van der Waals surface area contributed by atoms with Gasteiger partial charge in [0.25, 0.3) is 0 Å². The maximum Gasteiger partial charge on any atom is 0.194 e. The quantitative estimate of drug-likeness (QED) is 0.400. The number of guanidine groups is 1. The number of aryl methyl sites for hydroxylation is 1. The van der Waals surface area contributed by atoms with Crippen molar-refractivity contribution in [2.45, 2.75) is 25.6 Å². The van der Waals surface area contributed by atoms with Crippen LogP contribution in [0, 0.1) is 0 Å². The SMILES string of the molecule is CCNC(=NCC1Cc2ccccc2O1)N1CCOC(c2cnn(C)c2)C1.I. The van der Waals surface area contributed by atoms with Crippen LogP contribution >= 0.6 is 24.0 Å². The first-order chi connectivity index (χ1) is 13.2. The molecule has 2 aliphatic rings. The summed E-state index contributed by atoms with van der Waals surface area (Å²) in [5.74, 6) is 1.92.